The van der Waals surface area contributed by atoms with E-state index in [1.807, 2.05) is 6.92 Å². The van der Waals surface area contributed by atoms with Crippen LogP contribution in [0.3, 0.4) is 0 Å². The molecule has 0 atom stereocenters. The summed E-state index contributed by atoms with van der Waals surface area (Å²) in [7, 11) is 0. The summed E-state index contributed by atoms with van der Waals surface area (Å²) < 4.78 is 5.63. The molecule has 0 aliphatic carbocycles. The second-order valence-electron chi connectivity index (χ2n) is 4.19. The third kappa shape index (κ3) is 4.47. The molecule has 1 aromatic carbocycles. The first-order valence-electron chi connectivity index (χ1n) is 6.12. The summed E-state index contributed by atoms with van der Waals surface area (Å²) in [5, 5.41) is 8.83. The van der Waals surface area contributed by atoms with Gasteiger partial charge in [-0.1, -0.05) is 26.2 Å². The number of carbonyl (C=O) groups is 1. The number of carboxylic acids is 1. The van der Waals surface area contributed by atoms with Crippen molar-refractivity contribution >= 4 is 5.97 Å². The van der Waals surface area contributed by atoms with E-state index in [9.17, 15) is 4.79 Å². The Morgan fingerprint density at radius 3 is 2.65 bits per heavy atom. The van der Waals surface area contributed by atoms with E-state index < -0.39 is 5.97 Å². The smallest absolute Gasteiger partial charge is 0.335 e. The highest BCUT2D eigenvalue weighted by Gasteiger charge is 2.06. The summed E-state index contributed by atoms with van der Waals surface area (Å²) in [5.41, 5.74) is 1.18. The lowest BCUT2D eigenvalue weighted by molar-refractivity contribution is 0.0696. The molecule has 0 heterocycles. The molecule has 3 nitrogen and oxygen atoms in total. The first-order chi connectivity index (χ1) is 8.15. The van der Waals surface area contributed by atoms with Gasteiger partial charge in [-0.15, -0.1) is 0 Å². The van der Waals surface area contributed by atoms with Crippen LogP contribution in [0, 0.1) is 6.92 Å². The van der Waals surface area contributed by atoms with Crippen LogP contribution in [0.4, 0.5) is 0 Å². The average molecular weight is 236 g/mol. The number of carboxylic acid groups (broad SMARTS) is 1. The molecule has 3 heteroatoms. The zero-order chi connectivity index (χ0) is 12.7. The van der Waals surface area contributed by atoms with E-state index in [0.29, 0.717) is 12.2 Å². The highest BCUT2D eigenvalue weighted by atomic mass is 16.5. The van der Waals surface area contributed by atoms with E-state index in [1.54, 1.807) is 18.2 Å². The van der Waals surface area contributed by atoms with E-state index in [2.05, 4.69) is 6.92 Å². The second-order valence-corrected chi connectivity index (χ2v) is 4.19. The van der Waals surface area contributed by atoms with Gasteiger partial charge in [-0.2, -0.15) is 0 Å². The van der Waals surface area contributed by atoms with Gasteiger partial charge in [0.1, 0.15) is 5.75 Å². The van der Waals surface area contributed by atoms with Gasteiger partial charge in [-0.3, -0.25) is 0 Å². The fourth-order valence-electron chi connectivity index (χ4n) is 1.66. The third-order valence-electron chi connectivity index (χ3n) is 2.68. The molecule has 0 aliphatic heterocycles. The Morgan fingerprint density at radius 2 is 2.06 bits per heavy atom. The maximum Gasteiger partial charge on any atom is 0.335 e. The number of aromatic carboxylic acids is 1. The Hall–Kier alpha value is -1.51. The molecule has 0 spiro atoms. The number of rotatable bonds is 7. The van der Waals surface area contributed by atoms with Crippen LogP contribution in [0.5, 0.6) is 5.75 Å². The van der Waals surface area contributed by atoms with Crippen molar-refractivity contribution in [2.45, 2.75) is 39.5 Å². The van der Waals surface area contributed by atoms with E-state index in [0.717, 1.165) is 17.7 Å². The molecule has 0 radical (unpaired) electrons. The van der Waals surface area contributed by atoms with Gasteiger partial charge in [-0.05, 0) is 37.1 Å². The van der Waals surface area contributed by atoms with Crippen LogP contribution >= 0.6 is 0 Å². The van der Waals surface area contributed by atoms with Crippen LogP contribution in [0.2, 0.25) is 0 Å². The van der Waals surface area contributed by atoms with E-state index >= 15 is 0 Å². The summed E-state index contributed by atoms with van der Waals surface area (Å²) in [5.74, 6) is -0.117. The second kappa shape index (κ2) is 6.94. The Labute approximate surface area is 102 Å². The largest absolute Gasteiger partial charge is 0.493 e. The van der Waals surface area contributed by atoms with Crippen molar-refractivity contribution in [1.29, 1.82) is 0 Å². The fourth-order valence-corrected chi connectivity index (χ4v) is 1.66. The molecule has 1 N–H and O–H groups in total. The Balaban J connectivity index is 2.46. The lowest BCUT2D eigenvalue weighted by Gasteiger charge is -2.09. The van der Waals surface area contributed by atoms with Gasteiger partial charge in [0.2, 0.25) is 0 Å². The number of aryl methyl sites for hydroxylation is 1. The first kappa shape index (κ1) is 13.6. The summed E-state index contributed by atoms with van der Waals surface area (Å²) in [6.07, 6.45) is 4.68. The number of ether oxygens (including phenoxy) is 1. The fraction of sp³-hybridized carbons (Fsp3) is 0.500. The number of hydrogen-bond acceptors (Lipinski definition) is 2. The standard InChI is InChI=1S/C14H20O3/c1-3-4-5-6-9-17-13-8-7-12(14(15)16)10-11(13)2/h7-8,10H,3-6,9H2,1-2H3,(H,15,16). The van der Waals surface area contributed by atoms with Gasteiger partial charge in [0.15, 0.2) is 0 Å². The molecule has 0 fully saturated rings. The van der Waals surface area contributed by atoms with E-state index in [4.69, 9.17) is 9.84 Å². The monoisotopic (exact) mass is 236 g/mol. The molecule has 0 bridgehead atoms. The SMILES string of the molecule is CCCCCCOc1ccc(C(=O)O)cc1C. The van der Waals surface area contributed by atoms with Crippen LogP contribution in [0.1, 0.15) is 48.5 Å². The highest BCUT2D eigenvalue weighted by Crippen LogP contribution is 2.19. The molecule has 0 aliphatic rings. The van der Waals surface area contributed by atoms with E-state index in [1.165, 1.54) is 19.3 Å². The topological polar surface area (TPSA) is 46.5 Å². The maximum absolute atomic E-state index is 10.8. The molecule has 94 valence electrons. The minimum atomic E-state index is -0.900. The van der Waals surface area contributed by atoms with E-state index in [-0.39, 0.29) is 0 Å². The van der Waals surface area contributed by atoms with Crippen LogP contribution in [0.25, 0.3) is 0 Å². The Kier molecular flexibility index (Phi) is 5.53. The average Bonchev–Trinajstić information content (AvgIpc) is 2.30. The lowest BCUT2D eigenvalue weighted by atomic mass is 10.1. The number of benzene rings is 1. The normalized spacial score (nSPS) is 10.2. The van der Waals surface area contributed by atoms with Crippen LogP contribution in [0.15, 0.2) is 18.2 Å². The predicted octanol–water partition coefficient (Wildman–Crippen LogP) is 3.65. The van der Waals surface area contributed by atoms with Crippen molar-refractivity contribution in [2.24, 2.45) is 0 Å². The minimum absolute atomic E-state index is 0.306. The van der Waals surface area contributed by atoms with Crippen molar-refractivity contribution in [3.8, 4) is 5.75 Å². The molecule has 0 saturated carbocycles. The van der Waals surface area contributed by atoms with Gasteiger partial charge >= 0.3 is 5.97 Å². The number of unbranched alkanes of at least 4 members (excludes halogenated alkanes) is 3. The molecular weight excluding hydrogens is 216 g/mol. The van der Waals surface area contributed by atoms with Crippen molar-refractivity contribution in [1.82, 2.24) is 0 Å². The van der Waals surface area contributed by atoms with Crippen molar-refractivity contribution in [3.05, 3.63) is 29.3 Å². The maximum atomic E-state index is 10.8. The van der Waals surface area contributed by atoms with Gasteiger partial charge in [0, 0.05) is 0 Å². The van der Waals surface area contributed by atoms with Crippen molar-refractivity contribution in [2.75, 3.05) is 6.61 Å². The molecule has 0 unspecified atom stereocenters. The number of hydrogen-bond donors (Lipinski definition) is 1. The summed E-state index contributed by atoms with van der Waals surface area (Å²) >= 11 is 0. The Morgan fingerprint density at radius 1 is 1.29 bits per heavy atom. The van der Waals surface area contributed by atoms with Gasteiger partial charge in [0.05, 0.1) is 12.2 Å². The quantitative estimate of drug-likeness (QED) is 0.735. The molecule has 0 amide bonds. The van der Waals surface area contributed by atoms with Gasteiger partial charge in [0.25, 0.3) is 0 Å². The van der Waals surface area contributed by atoms with Crippen molar-refractivity contribution in [3.63, 3.8) is 0 Å². The lowest BCUT2D eigenvalue weighted by Crippen LogP contribution is -2.01. The van der Waals surface area contributed by atoms with Crippen LogP contribution in [-0.4, -0.2) is 17.7 Å². The third-order valence-corrected chi connectivity index (χ3v) is 2.68. The molecule has 0 saturated heterocycles. The highest BCUT2D eigenvalue weighted by molar-refractivity contribution is 5.88. The summed E-state index contributed by atoms with van der Waals surface area (Å²) in [6.45, 7) is 4.75. The van der Waals surface area contributed by atoms with Crippen molar-refractivity contribution < 1.29 is 14.6 Å². The predicted molar refractivity (Wildman–Crippen MR) is 67.8 cm³/mol. The minimum Gasteiger partial charge on any atom is -0.493 e. The van der Waals surface area contributed by atoms with Gasteiger partial charge in [-0.25, -0.2) is 4.79 Å². The van der Waals surface area contributed by atoms with Gasteiger partial charge < -0.3 is 9.84 Å². The molecular formula is C14H20O3. The first-order valence-corrected chi connectivity index (χ1v) is 6.12. The Bertz CT molecular complexity index is 372. The zero-order valence-electron chi connectivity index (χ0n) is 10.5. The molecule has 17 heavy (non-hydrogen) atoms. The van der Waals surface area contributed by atoms with Crippen LogP contribution < -0.4 is 4.74 Å². The summed E-state index contributed by atoms with van der Waals surface area (Å²) in [4.78, 5) is 10.8. The zero-order valence-corrected chi connectivity index (χ0v) is 10.5. The molecule has 1 aromatic rings. The molecule has 0 aromatic heterocycles. The molecule has 1 rings (SSSR count). The summed E-state index contributed by atoms with van der Waals surface area (Å²) in [6, 6.07) is 4.96. The van der Waals surface area contributed by atoms with Crippen LogP contribution in [-0.2, 0) is 0 Å².